The SMILES string of the molecule is Nc1ccc2c(Oc3cc(F)cc(Br)c3)ncnc2c1. The van der Waals surface area contributed by atoms with E-state index in [1.54, 1.807) is 24.3 Å². The molecule has 0 saturated heterocycles. The minimum Gasteiger partial charge on any atom is -0.438 e. The molecule has 0 aliphatic heterocycles. The predicted molar refractivity (Wildman–Crippen MR) is 78.1 cm³/mol. The van der Waals surface area contributed by atoms with Gasteiger partial charge in [-0.05, 0) is 30.3 Å². The molecule has 100 valence electrons. The van der Waals surface area contributed by atoms with Crippen molar-refractivity contribution in [3.8, 4) is 11.6 Å². The van der Waals surface area contributed by atoms with E-state index in [2.05, 4.69) is 25.9 Å². The molecule has 0 atom stereocenters. The Morgan fingerprint density at radius 3 is 2.75 bits per heavy atom. The van der Waals surface area contributed by atoms with Crippen molar-refractivity contribution >= 4 is 32.5 Å². The molecule has 0 bridgehead atoms. The minimum absolute atomic E-state index is 0.354. The topological polar surface area (TPSA) is 61.0 Å². The Balaban J connectivity index is 2.06. The molecule has 0 fully saturated rings. The molecule has 0 saturated carbocycles. The number of rotatable bonds is 2. The zero-order valence-electron chi connectivity index (χ0n) is 10.2. The van der Waals surface area contributed by atoms with Crippen LogP contribution in [0.3, 0.4) is 0 Å². The molecular formula is C14H9BrFN3O. The Kier molecular flexibility index (Phi) is 3.23. The number of hydrogen-bond acceptors (Lipinski definition) is 4. The van der Waals surface area contributed by atoms with Gasteiger partial charge in [0.25, 0.3) is 0 Å². The van der Waals surface area contributed by atoms with Gasteiger partial charge >= 0.3 is 0 Å². The first-order valence-corrected chi connectivity index (χ1v) is 6.55. The number of fused-ring (bicyclic) bond motifs is 1. The second kappa shape index (κ2) is 5.05. The third-order valence-electron chi connectivity index (χ3n) is 2.67. The number of hydrogen-bond donors (Lipinski definition) is 1. The molecule has 0 spiro atoms. The lowest BCUT2D eigenvalue weighted by Crippen LogP contribution is -1.93. The summed E-state index contributed by atoms with van der Waals surface area (Å²) in [7, 11) is 0. The number of aromatic nitrogens is 2. The Labute approximate surface area is 122 Å². The van der Waals surface area contributed by atoms with Crippen LogP contribution in [0.1, 0.15) is 0 Å². The molecule has 3 rings (SSSR count). The Bertz CT molecular complexity index is 774. The molecule has 1 aromatic heterocycles. The van der Waals surface area contributed by atoms with Gasteiger partial charge in [-0.25, -0.2) is 14.4 Å². The van der Waals surface area contributed by atoms with Crippen molar-refractivity contribution in [1.29, 1.82) is 0 Å². The number of ether oxygens (including phenoxy) is 1. The van der Waals surface area contributed by atoms with Gasteiger partial charge in [-0.1, -0.05) is 15.9 Å². The van der Waals surface area contributed by atoms with Gasteiger partial charge in [-0.15, -0.1) is 0 Å². The summed E-state index contributed by atoms with van der Waals surface area (Å²) in [6.07, 6.45) is 1.38. The van der Waals surface area contributed by atoms with Gasteiger partial charge in [0.15, 0.2) is 0 Å². The van der Waals surface area contributed by atoms with E-state index in [1.165, 1.54) is 18.5 Å². The van der Waals surface area contributed by atoms with Crippen LogP contribution in [0.2, 0.25) is 0 Å². The second-order valence-electron chi connectivity index (χ2n) is 4.16. The number of nitrogens with zero attached hydrogens (tertiary/aromatic N) is 2. The Morgan fingerprint density at radius 1 is 1.10 bits per heavy atom. The molecule has 20 heavy (non-hydrogen) atoms. The molecule has 0 amide bonds. The monoisotopic (exact) mass is 333 g/mol. The lowest BCUT2D eigenvalue weighted by molar-refractivity contribution is 0.462. The van der Waals surface area contributed by atoms with Crippen LogP contribution in [-0.2, 0) is 0 Å². The standard InChI is InChI=1S/C14H9BrFN3O/c15-8-3-9(16)5-11(4-8)20-14-12-2-1-10(17)6-13(12)18-7-19-14/h1-7H,17H2. The van der Waals surface area contributed by atoms with Crippen LogP contribution in [0.4, 0.5) is 10.1 Å². The van der Waals surface area contributed by atoms with Crippen LogP contribution in [0.5, 0.6) is 11.6 Å². The highest BCUT2D eigenvalue weighted by Gasteiger charge is 2.08. The van der Waals surface area contributed by atoms with Gasteiger partial charge < -0.3 is 10.5 Å². The molecule has 4 nitrogen and oxygen atoms in total. The minimum atomic E-state index is -0.392. The summed E-state index contributed by atoms with van der Waals surface area (Å²) in [5.41, 5.74) is 6.99. The fraction of sp³-hybridized carbons (Fsp3) is 0. The van der Waals surface area contributed by atoms with E-state index >= 15 is 0 Å². The smallest absolute Gasteiger partial charge is 0.230 e. The molecule has 1 heterocycles. The molecular weight excluding hydrogens is 325 g/mol. The van der Waals surface area contributed by atoms with Crippen LogP contribution in [0, 0.1) is 5.82 Å². The summed E-state index contributed by atoms with van der Waals surface area (Å²) in [6.45, 7) is 0. The van der Waals surface area contributed by atoms with Crippen LogP contribution in [0.25, 0.3) is 10.9 Å². The maximum absolute atomic E-state index is 13.3. The molecule has 2 N–H and O–H groups in total. The summed E-state index contributed by atoms with van der Waals surface area (Å²) in [5.74, 6) is 0.318. The molecule has 0 radical (unpaired) electrons. The molecule has 0 aliphatic carbocycles. The van der Waals surface area contributed by atoms with Crippen LogP contribution < -0.4 is 10.5 Å². The summed E-state index contributed by atoms with van der Waals surface area (Å²) in [4.78, 5) is 8.20. The third kappa shape index (κ3) is 2.55. The highest BCUT2D eigenvalue weighted by Crippen LogP contribution is 2.29. The number of anilines is 1. The lowest BCUT2D eigenvalue weighted by atomic mass is 10.2. The van der Waals surface area contributed by atoms with E-state index in [1.807, 2.05) is 0 Å². The maximum Gasteiger partial charge on any atom is 0.230 e. The summed E-state index contributed by atoms with van der Waals surface area (Å²) < 4.78 is 19.6. The van der Waals surface area contributed by atoms with E-state index in [-0.39, 0.29) is 0 Å². The maximum atomic E-state index is 13.3. The molecule has 0 unspecified atom stereocenters. The van der Waals surface area contributed by atoms with E-state index in [0.717, 1.165) is 0 Å². The van der Waals surface area contributed by atoms with Crippen LogP contribution >= 0.6 is 15.9 Å². The van der Waals surface area contributed by atoms with E-state index in [0.29, 0.717) is 32.7 Å². The van der Waals surface area contributed by atoms with Gasteiger partial charge in [0.1, 0.15) is 17.9 Å². The molecule has 3 aromatic rings. The Hall–Kier alpha value is -2.21. The molecule has 2 aromatic carbocycles. The van der Waals surface area contributed by atoms with E-state index < -0.39 is 5.82 Å². The summed E-state index contributed by atoms with van der Waals surface area (Å²) in [5, 5.41) is 0.710. The average Bonchev–Trinajstić information content (AvgIpc) is 2.37. The van der Waals surface area contributed by atoms with Gasteiger partial charge in [0.2, 0.25) is 5.88 Å². The lowest BCUT2D eigenvalue weighted by Gasteiger charge is -2.08. The van der Waals surface area contributed by atoms with Crippen molar-refractivity contribution in [2.45, 2.75) is 0 Å². The first-order valence-electron chi connectivity index (χ1n) is 5.76. The highest BCUT2D eigenvalue weighted by atomic mass is 79.9. The number of nitrogens with two attached hydrogens (primary N) is 1. The normalized spacial score (nSPS) is 10.7. The third-order valence-corrected chi connectivity index (χ3v) is 3.13. The zero-order valence-corrected chi connectivity index (χ0v) is 11.8. The first-order chi connectivity index (χ1) is 9.61. The predicted octanol–water partition coefficient (Wildman–Crippen LogP) is 3.91. The van der Waals surface area contributed by atoms with Crippen molar-refractivity contribution in [1.82, 2.24) is 9.97 Å². The summed E-state index contributed by atoms with van der Waals surface area (Å²) in [6, 6.07) is 9.54. The van der Waals surface area contributed by atoms with Gasteiger partial charge in [-0.3, -0.25) is 0 Å². The average molecular weight is 334 g/mol. The van der Waals surface area contributed by atoms with Crippen molar-refractivity contribution in [2.75, 3.05) is 5.73 Å². The fourth-order valence-corrected chi connectivity index (χ4v) is 2.27. The number of halogens is 2. The summed E-state index contributed by atoms with van der Waals surface area (Å²) >= 11 is 3.22. The number of benzene rings is 2. The largest absolute Gasteiger partial charge is 0.438 e. The van der Waals surface area contributed by atoms with Gasteiger partial charge in [0, 0.05) is 16.2 Å². The highest BCUT2D eigenvalue weighted by molar-refractivity contribution is 9.10. The second-order valence-corrected chi connectivity index (χ2v) is 5.08. The first kappa shape index (κ1) is 12.8. The van der Waals surface area contributed by atoms with Gasteiger partial charge in [0.05, 0.1) is 10.9 Å². The molecule has 6 heteroatoms. The van der Waals surface area contributed by atoms with Crippen molar-refractivity contribution in [3.63, 3.8) is 0 Å². The fourth-order valence-electron chi connectivity index (χ4n) is 1.83. The van der Waals surface area contributed by atoms with Gasteiger partial charge in [-0.2, -0.15) is 0 Å². The van der Waals surface area contributed by atoms with Crippen molar-refractivity contribution < 1.29 is 9.13 Å². The zero-order chi connectivity index (χ0) is 14.1. The van der Waals surface area contributed by atoms with E-state index in [4.69, 9.17) is 10.5 Å². The number of nitrogen functional groups attached to an aromatic ring is 1. The quantitative estimate of drug-likeness (QED) is 0.722. The van der Waals surface area contributed by atoms with Crippen LogP contribution in [-0.4, -0.2) is 9.97 Å². The van der Waals surface area contributed by atoms with E-state index in [9.17, 15) is 4.39 Å². The van der Waals surface area contributed by atoms with Crippen molar-refractivity contribution in [3.05, 3.63) is 53.0 Å². The van der Waals surface area contributed by atoms with Crippen molar-refractivity contribution in [2.24, 2.45) is 0 Å². The molecule has 0 aliphatic rings. The van der Waals surface area contributed by atoms with Crippen LogP contribution in [0.15, 0.2) is 47.2 Å². The Morgan fingerprint density at radius 2 is 1.95 bits per heavy atom.